The number of primary amides is 1. The molecule has 3 unspecified atom stereocenters. The topological polar surface area (TPSA) is 163 Å². The van der Waals surface area contributed by atoms with Crippen LogP contribution in [0.25, 0.3) is 5.70 Å². The summed E-state index contributed by atoms with van der Waals surface area (Å²) in [6.45, 7) is 6.21. The van der Waals surface area contributed by atoms with Gasteiger partial charge in [-0.25, -0.2) is 0 Å². The van der Waals surface area contributed by atoms with Crippen LogP contribution in [0.3, 0.4) is 0 Å². The summed E-state index contributed by atoms with van der Waals surface area (Å²) in [7, 11) is 0. The molecule has 6 N–H and O–H groups in total. The van der Waals surface area contributed by atoms with E-state index in [9.17, 15) is 19.5 Å². The Morgan fingerprint density at radius 3 is 2.33 bits per heavy atom. The van der Waals surface area contributed by atoms with Gasteiger partial charge >= 0.3 is 11.9 Å². The Bertz CT molecular complexity index is 842. The first-order valence-corrected chi connectivity index (χ1v) is 12.3. The van der Waals surface area contributed by atoms with Gasteiger partial charge in [0.1, 0.15) is 18.5 Å². The van der Waals surface area contributed by atoms with Crippen molar-refractivity contribution in [1.29, 1.82) is 0 Å². The predicted octanol–water partition coefficient (Wildman–Crippen LogP) is 2.58. The zero-order valence-electron chi connectivity index (χ0n) is 21.5. The van der Waals surface area contributed by atoms with Gasteiger partial charge in [-0.2, -0.15) is 0 Å². The van der Waals surface area contributed by atoms with Crippen molar-refractivity contribution >= 4 is 23.5 Å². The first kappa shape index (κ1) is 30.8. The fraction of sp³-hybridized carbons (Fsp3) is 0.577. The molecular formula is C26H41N3O7. The number of carbonyl (C=O) groups excluding carboxylic acids is 3. The number of phenolic OH excluding ortho intramolecular Hbond substituents is 1. The number of amides is 1. The molecule has 1 aliphatic heterocycles. The van der Waals surface area contributed by atoms with Gasteiger partial charge in [0.05, 0.1) is 18.4 Å². The molecule has 0 spiro atoms. The molecule has 0 bridgehead atoms. The molecule has 1 aliphatic rings. The summed E-state index contributed by atoms with van der Waals surface area (Å²) in [4.78, 5) is 32.0. The van der Waals surface area contributed by atoms with Gasteiger partial charge in [0.2, 0.25) is 5.91 Å². The number of carbonyl (C=O) groups is 3. The molecule has 0 aliphatic carbocycles. The van der Waals surface area contributed by atoms with Crippen LogP contribution >= 0.6 is 0 Å². The first-order valence-electron chi connectivity index (χ1n) is 12.3. The number of benzene rings is 1. The summed E-state index contributed by atoms with van der Waals surface area (Å²) >= 11 is 0. The van der Waals surface area contributed by atoms with E-state index in [0.29, 0.717) is 13.0 Å². The average Bonchev–Trinajstić information content (AvgIpc) is 2.82. The van der Waals surface area contributed by atoms with Crippen LogP contribution in [0.2, 0.25) is 0 Å². The second kappa shape index (κ2) is 17.2. The third-order valence-corrected chi connectivity index (χ3v) is 5.57. The van der Waals surface area contributed by atoms with E-state index in [4.69, 9.17) is 25.7 Å². The highest BCUT2D eigenvalue weighted by Gasteiger charge is 2.30. The summed E-state index contributed by atoms with van der Waals surface area (Å²) in [6, 6.07) is 6.89. The van der Waals surface area contributed by atoms with Crippen LogP contribution in [0.15, 0.2) is 30.5 Å². The molecule has 1 aromatic carbocycles. The van der Waals surface area contributed by atoms with Gasteiger partial charge in [-0.1, -0.05) is 19.8 Å². The van der Waals surface area contributed by atoms with Crippen molar-refractivity contribution in [2.45, 2.75) is 71.5 Å². The largest absolute Gasteiger partial charge is 0.508 e. The van der Waals surface area contributed by atoms with E-state index in [1.807, 2.05) is 19.1 Å². The van der Waals surface area contributed by atoms with Crippen LogP contribution in [0.5, 0.6) is 5.75 Å². The Balaban J connectivity index is 0.000000369. The van der Waals surface area contributed by atoms with Gasteiger partial charge < -0.3 is 36.1 Å². The molecule has 0 aromatic heterocycles. The minimum Gasteiger partial charge on any atom is -0.508 e. The van der Waals surface area contributed by atoms with Crippen LogP contribution in [0.4, 0.5) is 0 Å². The monoisotopic (exact) mass is 507 g/mol. The van der Waals surface area contributed by atoms with E-state index in [2.05, 4.69) is 5.32 Å². The number of ether oxygens (including phenoxy) is 3. The van der Waals surface area contributed by atoms with Crippen LogP contribution in [0.1, 0.15) is 64.9 Å². The summed E-state index contributed by atoms with van der Waals surface area (Å²) < 4.78 is 15.4. The highest BCUT2D eigenvalue weighted by Crippen LogP contribution is 2.23. The van der Waals surface area contributed by atoms with Crippen LogP contribution < -0.4 is 16.8 Å². The van der Waals surface area contributed by atoms with Crippen molar-refractivity contribution in [2.75, 3.05) is 19.8 Å². The maximum atomic E-state index is 10.8. The Morgan fingerprint density at radius 2 is 1.78 bits per heavy atom. The summed E-state index contributed by atoms with van der Waals surface area (Å²) in [5, 5.41) is 12.5. The number of nitrogens with one attached hydrogen (secondary N) is 1. The number of aromatic hydroxyl groups is 1. The molecule has 36 heavy (non-hydrogen) atoms. The van der Waals surface area contributed by atoms with E-state index in [-0.39, 0.29) is 48.3 Å². The molecule has 202 valence electrons. The number of hydrogen-bond donors (Lipinski definition) is 4. The minimum atomic E-state index is -0.307. The lowest BCUT2D eigenvalue weighted by molar-refractivity contribution is -0.168. The van der Waals surface area contributed by atoms with Gasteiger partial charge in [0, 0.05) is 33.0 Å². The van der Waals surface area contributed by atoms with E-state index in [1.54, 1.807) is 12.1 Å². The lowest BCUT2D eigenvalue weighted by atomic mass is 9.95. The number of nitrogens with two attached hydrogens (primary N) is 2. The van der Waals surface area contributed by atoms with E-state index in [0.717, 1.165) is 49.9 Å². The normalized spacial score (nSPS) is 19.4. The highest BCUT2D eigenvalue weighted by atomic mass is 16.6. The van der Waals surface area contributed by atoms with Crippen LogP contribution in [0, 0.1) is 5.92 Å². The van der Waals surface area contributed by atoms with Gasteiger partial charge in [-0.05, 0) is 55.0 Å². The lowest BCUT2D eigenvalue weighted by Gasteiger charge is -2.33. The van der Waals surface area contributed by atoms with Gasteiger partial charge in [0.25, 0.3) is 0 Å². The lowest BCUT2D eigenvalue weighted by Crippen LogP contribution is -2.40. The molecule has 2 rings (SSSR count). The number of hydrogen-bond acceptors (Lipinski definition) is 9. The Hall–Kier alpha value is -3.27. The summed E-state index contributed by atoms with van der Waals surface area (Å²) in [5.41, 5.74) is 12.5. The quantitative estimate of drug-likeness (QED) is 0.246. The van der Waals surface area contributed by atoms with Gasteiger partial charge in [-0.15, -0.1) is 0 Å². The van der Waals surface area contributed by atoms with E-state index >= 15 is 0 Å². The molecule has 1 fully saturated rings. The number of esters is 2. The smallest absolute Gasteiger partial charge is 0.302 e. The molecule has 1 saturated heterocycles. The summed E-state index contributed by atoms with van der Waals surface area (Å²) in [6.07, 6.45) is 6.36. The average molecular weight is 508 g/mol. The van der Waals surface area contributed by atoms with Crippen molar-refractivity contribution in [3.63, 3.8) is 0 Å². The number of unbranched alkanes of at least 4 members (excludes halogenated alkanes) is 3. The highest BCUT2D eigenvalue weighted by molar-refractivity contribution is 5.73. The zero-order valence-corrected chi connectivity index (χ0v) is 21.5. The van der Waals surface area contributed by atoms with Crippen molar-refractivity contribution in [2.24, 2.45) is 17.4 Å². The number of phenols is 1. The second-order valence-electron chi connectivity index (χ2n) is 8.80. The molecule has 3 atom stereocenters. The fourth-order valence-electron chi connectivity index (χ4n) is 3.62. The third kappa shape index (κ3) is 13.6. The van der Waals surface area contributed by atoms with Crippen molar-refractivity contribution < 1.29 is 33.7 Å². The molecule has 1 heterocycles. The van der Waals surface area contributed by atoms with E-state index < -0.39 is 0 Å². The summed E-state index contributed by atoms with van der Waals surface area (Å²) in [5.74, 6) is -0.376. The predicted molar refractivity (Wildman–Crippen MR) is 136 cm³/mol. The second-order valence-corrected chi connectivity index (χ2v) is 8.80. The molecule has 0 radical (unpaired) electrons. The molecule has 1 aromatic rings. The minimum absolute atomic E-state index is 0.0919. The molecular weight excluding hydrogens is 466 g/mol. The Morgan fingerprint density at radius 1 is 1.11 bits per heavy atom. The molecule has 10 nitrogen and oxygen atoms in total. The van der Waals surface area contributed by atoms with Crippen molar-refractivity contribution in [1.82, 2.24) is 5.32 Å². The first-order chi connectivity index (χ1) is 17.1. The van der Waals surface area contributed by atoms with Crippen molar-refractivity contribution in [3.8, 4) is 5.75 Å². The Kier molecular flexibility index (Phi) is 14.7. The van der Waals surface area contributed by atoms with Gasteiger partial charge in [0.15, 0.2) is 0 Å². The van der Waals surface area contributed by atoms with Crippen molar-refractivity contribution in [3.05, 3.63) is 36.0 Å². The fourth-order valence-corrected chi connectivity index (χ4v) is 3.62. The third-order valence-electron chi connectivity index (χ3n) is 5.57. The van der Waals surface area contributed by atoms with E-state index in [1.165, 1.54) is 20.0 Å². The standard InChI is InChI=1S/C15H23N3O2.C11H18O5/c16-11-14(12-6-8-13(19)9-7-12)18-10-4-2-1-3-5-15(17)20;1-7-4-10(5-14-8(2)12)15-6-11(7)16-9(3)13/h6-9,11,18-19H,1-5,10,16H2,(H2,17,20);7,10-11H,4-6H2,1-3H3/b14-11-;. The number of rotatable bonds is 12. The Labute approximate surface area is 213 Å². The molecule has 1 amide bonds. The van der Waals surface area contributed by atoms with Crippen LogP contribution in [-0.2, 0) is 28.6 Å². The van der Waals surface area contributed by atoms with Gasteiger partial charge in [-0.3, -0.25) is 14.4 Å². The molecule has 0 saturated carbocycles. The SMILES string of the molecule is CC(=O)OCC1CC(C)C(OC(C)=O)CO1.N/C=C(\NCCCCCCC(N)=O)c1ccc(O)cc1. The zero-order chi connectivity index (χ0) is 26.9. The molecule has 10 heteroatoms. The maximum Gasteiger partial charge on any atom is 0.302 e. The maximum absolute atomic E-state index is 10.8. The van der Waals surface area contributed by atoms with Crippen LogP contribution in [-0.4, -0.2) is 54.9 Å².